The number of nitrogens with zero attached hydrogens (tertiary/aromatic N) is 1. The maximum atomic E-state index is 12.8. The van der Waals surface area contributed by atoms with E-state index in [1.807, 2.05) is 24.3 Å². The zero-order valence-corrected chi connectivity index (χ0v) is 23.1. The number of hydrazone groups is 1. The number of anilines is 1. The number of thiophene rings is 1. The number of hydrogen-bond donors (Lipinski definition) is 2. The van der Waals surface area contributed by atoms with Crippen LogP contribution in [0.2, 0.25) is 5.02 Å². The van der Waals surface area contributed by atoms with Crippen molar-refractivity contribution >= 4 is 62.7 Å². The van der Waals surface area contributed by atoms with Gasteiger partial charge in [0.25, 0.3) is 11.8 Å². The molecule has 9 nitrogen and oxygen atoms in total. The Labute approximate surface area is 243 Å². The number of carbonyl (C=O) groups is 3. The van der Waals surface area contributed by atoms with Gasteiger partial charge in [-0.2, -0.15) is 5.10 Å². The highest BCUT2D eigenvalue weighted by Crippen LogP contribution is 2.35. The molecular weight excluding hydrogens is 566 g/mol. The van der Waals surface area contributed by atoms with Gasteiger partial charge in [-0.1, -0.05) is 29.8 Å². The molecule has 41 heavy (non-hydrogen) atoms. The van der Waals surface area contributed by atoms with Gasteiger partial charge in [0, 0.05) is 21.3 Å². The second-order valence-corrected chi connectivity index (χ2v) is 9.91. The van der Waals surface area contributed by atoms with Crippen molar-refractivity contribution in [2.75, 3.05) is 11.9 Å². The van der Waals surface area contributed by atoms with E-state index < -0.39 is 11.9 Å². The zero-order valence-electron chi connectivity index (χ0n) is 21.6. The van der Waals surface area contributed by atoms with Crippen molar-refractivity contribution in [2.45, 2.75) is 6.92 Å². The van der Waals surface area contributed by atoms with Gasteiger partial charge in [0.15, 0.2) is 11.5 Å². The van der Waals surface area contributed by atoms with Crippen LogP contribution >= 0.6 is 22.9 Å². The van der Waals surface area contributed by atoms with Crippen LogP contribution in [0.25, 0.3) is 10.1 Å². The highest BCUT2D eigenvalue weighted by Gasteiger charge is 2.18. The summed E-state index contributed by atoms with van der Waals surface area (Å²) in [6, 6.07) is 21.9. The first-order valence-corrected chi connectivity index (χ1v) is 13.6. The van der Waals surface area contributed by atoms with Crippen LogP contribution in [0.1, 0.15) is 43.1 Å². The fourth-order valence-electron chi connectivity index (χ4n) is 3.79. The Morgan fingerprint density at radius 2 is 1.78 bits per heavy atom. The number of amides is 2. The van der Waals surface area contributed by atoms with Crippen molar-refractivity contribution in [1.82, 2.24) is 5.43 Å². The average Bonchev–Trinajstić information content (AvgIpc) is 3.64. The monoisotopic (exact) mass is 587 g/mol. The third-order valence-corrected chi connectivity index (χ3v) is 7.39. The predicted octanol–water partition coefficient (Wildman–Crippen LogP) is 6.78. The first kappa shape index (κ1) is 27.6. The van der Waals surface area contributed by atoms with E-state index in [1.54, 1.807) is 55.5 Å². The molecule has 0 aliphatic rings. The van der Waals surface area contributed by atoms with E-state index in [9.17, 15) is 14.4 Å². The van der Waals surface area contributed by atoms with Gasteiger partial charge in [-0.15, -0.1) is 11.3 Å². The van der Waals surface area contributed by atoms with Gasteiger partial charge < -0.3 is 19.2 Å². The van der Waals surface area contributed by atoms with Crippen molar-refractivity contribution in [1.29, 1.82) is 0 Å². The van der Waals surface area contributed by atoms with Crippen LogP contribution in [-0.4, -0.2) is 30.6 Å². The number of hydrogen-bond acceptors (Lipinski definition) is 8. The SMILES string of the molecule is CCOc1cc(/C=N\NC(=O)c2ccc(NC(=O)c3sc4ccccc4c3Cl)cc2)ccc1OC(=O)c1ccco1. The summed E-state index contributed by atoms with van der Waals surface area (Å²) >= 11 is 7.72. The van der Waals surface area contributed by atoms with Crippen LogP contribution in [0.3, 0.4) is 0 Å². The Morgan fingerprint density at radius 3 is 2.51 bits per heavy atom. The first-order chi connectivity index (χ1) is 19.9. The van der Waals surface area contributed by atoms with Gasteiger partial charge >= 0.3 is 5.97 Å². The molecule has 0 aliphatic heterocycles. The number of fused-ring (bicyclic) bond motifs is 1. The van der Waals surface area contributed by atoms with Gasteiger partial charge in [0.2, 0.25) is 5.76 Å². The Kier molecular flexibility index (Phi) is 8.42. The van der Waals surface area contributed by atoms with Gasteiger partial charge in [0.1, 0.15) is 4.88 Å². The lowest BCUT2D eigenvalue weighted by atomic mass is 10.2. The third kappa shape index (κ3) is 6.46. The van der Waals surface area contributed by atoms with Gasteiger partial charge in [-0.05, 0) is 73.2 Å². The lowest BCUT2D eigenvalue weighted by molar-refractivity contribution is 0.0694. The van der Waals surface area contributed by atoms with Crippen molar-refractivity contribution in [3.8, 4) is 11.5 Å². The number of rotatable bonds is 9. The molecule has 2 amide bonds. The van der Waals surface area contributed by atoms with E-state index in [2.05, 4.69) is 15.8 Å². The van der Waals surface area contributed by atoms with E-state index in [0.717, 1.165) is 10.1 Å². The van der Waals surface area contributed by atoms with E-state index in [4.69, 9.17) is 25.5 Å². The first-order valence-electron chi connectivity index (χ1n) is 12.4. The maximum Gasteiger partial charge on any atom is 0.379 e. The molecule has 206 valence electrons. The smallest absolute Gasteiger partial charge is 0.379 e. The lowest BCUT2D eigenvalue weighted by Crippen LogP contribution is -2.17. The fourth-order valence-corrected chi connectivity index (χ4v) is 5.20. The van der Waals surface area contributed by atoms with Gasteiger partial charge in [0.05, 0.1) is 24.1 Å². The standard InChI is InChI=1S/C30H22ClN3O6S/c1-2-38-24-16-18(9-14-22(24)40-30(37)23-7-5-15-39-23)17-32-34-28(35)19-10-12-20(13-11-19)33-29(36)27-26(31)21-6-3-4-8-25(21)41-27/h3-17H,2H2,1H3,(H,33,36)(H,34,35)/b32-17-. The summed E-state index contributed by atoms with van der Waals surface area (Å²) in [4.78, 5) is 38.0. The Hall–Kier alpha value is -4.93. The minimum Gasteiger partial charge on any atom is -0.490 e. The quantitative estimate of drug-likeness (QED) is 0.0849. The molecule has 0 radical (unpaired) electrons. The number of furan rings is 1. The highest BCUT2D eigenvalue weighted by atomic mass is 35.5. The molecule has 2 heterocycles. The Bertz CT molecular complexity index is 1750. The summed E-state index contributed by atoms with van der Waals surface area (Å²) in [5, 5.41) is 8.05. The molecular formula is C30H22ClN3O6S. The molecule has 11 heteroatoms. The normalized spacial score (nSPS) is 11.0. The van der Waals surface area contributed by atoms with E-state index in [0.29, 0.717) is 39.1 Å². The minimum absolute atomic E-state index is 0.0665. The Morgan fingerprint density at radius 1 is 0.976 bits per heavy atom. The predicted molar refractivity (Wildman–Crippen MR) is 158 cm³/mol. The number of benzene rings is 3. The second kappa shape index (κ2) is 12.5. The molecule has 0 aliphatic carbocycles. The maximum absolute atomic E-state index is 12.8. The highest BCUT2D eigenvalue weighted by molar-refractivity contribution is 7.21. The molecule has 5 rings (SSSR count). The zero-order chi connectivity index (χ0) is 28.8. The molecule has 0 atom stereocenters. The number of halogens is 1. The average molecular weight is 588 g/mol. The summed E-state index contributed by atoms with van der Waals surface area (Å²) in [7, 11) is 0. The Balaban J connectivity index is 1.19. The van der Waals surface area contributed by atoms with E-state index in [-0.39, 0.29) is 17.4 Å². The summed E-state index contributed by atoms with van der Waals surface area (Å²) in [5.74, 6) is -0.809. The van der Waals surface area contributed by atoms with Crippen molar-refractivity contribution in [2.24, 2.45) is 5.10 Å². The van der Waals surface area contributed by atoms with Gasteiger partial charge in [-0.3, -0.25) is 9.59 Å². The third-order valence-electron chi connectivity index (χ3n) is 5.72. The number of esters is 1. The van der Waals surface area contributed by atoms with E-state index >= 15 is 0 Å². The number of nitrogens with one attached hydrogen (secondary N) is 2. The molecule has 3 aromatic carbocycles. The molecule has 5 aromatic rings. The molecule has 0 spiro atoms. The van der Waals surface area contributed by atoms with Crippen LogP contribution in [0, 0.1) is 0 Å². The largest absolute Gasteiger partial charge is 0.490 e. The fraction of sp³-hybridized carbons (Fsp3) is 0.0667. The number of ether oxygens (including phenoxy) is 2. The number of carbonyl (C=O) groups excluding carboxylic acids is 3. The summed E-state index contributed by atoms with van der Waals surface area (Å²) in [6.45, 7) is 2.14. The molecule has 0 unspecified atom stereocenters. The van der Waals surface area contributed by atoms with Crippen LogP contribution in [0.4, 0.5) is 5.69 Å². The molecule has 0 bridgehead atoms. The summed E-state index contributed by atoms with van der Waals surface area (Å²) in [5.41, 5.74) is 3.92. The van der Waals surface area contributed by atoms with Crippen LogP contribution in [0.15, 0.2) is 94.6 Å². The van der Waals surface area contributed by atoms with Crippen LogP contribution in [0.5, 0.6) is 11.5 Å². The van der Waals surface area contributed by atoms with Crippen molar-refractivity contribution in [3.05, 3.63) is 112 Å². The lowest BCUT2D eigenvalue weighted by Gasteiger charge is -2.10. The van der Waals surface area contributed by atoms with Gasteiger partial charge in [-0.25, -0.2) is 10.2 Å². The topological polar surface area (TPSA) is 119 Å². The molecule has 2 aromatic heterocycles. The molecule has 0 fully saturated rings. The minimum atomic E-state index is -0.654. The molecule has 2 N–H and O–H groups in total. The summed E-state index contributed by atoms with van der Waals surface area (Å²) < 4.78 is 16.9. The van der Waals surface area contributed by atoms with Crippen LogP contribution < -0.4 is 20.2 Å². The summed E-state index contributed by atoms with van der Waals surface area (Å²) in [6.07, 6.45) is 2.81. The molecule has 0 saturated heterocycles. The molecule has 0 saturated carbocycles. The van der Waals surface area contributed by atoms with Crippen molar-refractivity contribution in [3.63, 3.8) is 0 Å². The van der Waals surface area contributed by atoms with Crippen molar-refractivity contribution < 1.29 is 28.3 Å². The van der Waals surface area contributed by atoms with E-state index in [1.165, 1.54) is 29.9 Å². The second-order valence-electron chi connectivity index (χ2n) is 8.48. The van der Waals surface area contributed by atoms with Crippen LogP contribution in [-0.2, 0) is 0 Å².